The molecule has 1 rings (SSSR count). The van der Waals surface area contributed by atoms with E-state index >= 15 is 0 Å². The van der Waals surface area contributed by atoms with Gasteiger partial charge in [0, 0.05) is 13.2 Å². The van der Waals surface area contributed by atoms with Crippen molar-refractivity contribution in [3.8, 4) is 0 Å². The van der Waals surface area contributed by atoms with Gasteiger partial charge in [-0.1, -0.05) is 13.1 Å². The minimum atomic E-state index is -0.916. The summed E-state index contributed by atoms with van der Waals surface area (Å²) in [6.45, 7) is 9.68. The predicted molar refractivity (Wildman–Crippen MR) is 66.8 cm³/mol. The lowest BCUT2D eigenvalue weighted by Gasteiger charge is -2.45. The molecule has 0 saturated carbocycles. The highest BCUT2D eigenvalue weighted by Gasteiger charge is 2.42. The molecule has 0 bridgehead atoms. The first-order valence-corrected chi connectivity index (χ1v) is 14.9. The summed E-state index contributed by atoms with van der Waals surface area (Å²) >= 11 is 0. The molecule has 0 spiro atoms. The van der Waals surface area contributed by atoms with Gasteiger partial charge in [0.05, 0.1) is 8.55 Å². The number of nitrogens with zero attached hydrogens (tertiary/aromatic N) is 1. The van der Waals surface area contributed by atoms with Crippen LogP contribution >= 0.6 is 0 Å². The monoisotopic (exact) mass is 233 g/mol. The lowest BCUT2D eigenvalue weighted by Crippen LogP contribution is -2.62. The Morgan fingerprint density at radius 1 is 1.38 bits per heavy atom. The maximum atomic E-state index is 6.23. The van der Waals surface area contributed by atoms with E-state index < -0.39 is 16.3 Å². The molecule has 1 atom stereocenters. The molecule has 1 heterocycles. The van der Waals surface area contributed by atoms with Crippen molar-refractivity contribution in [2.75, 3.05) is 14.1 Å². The third kappa shape index (κ3) is 3.32. The third-order valence-corrected chi connectivity index (χ3v) is 28.9. The van der Waals surface area contributed by atoms with Gasteiger partial charge in [0.15, 0.2) is 0 Å². The quantitative estimate of drug-likeness (QED) is 0.610. The van der Waals surface area contributed by atoms with Crippen LogP contribution < -0.4 is 0 Å². The van der Waals surface area contributed by atoms with Gasteiger partial charge >= 0.3 is 0 Å². The van der Waals surface area contributed by atoms with Crippen molar-refractivity contribution in [3.05, 3.63) is 0 Å². The second-order valence-corrected chi connectivity index (χ2v) is 25.8. The summed E-state index contributed by atoms with van der Waals surface area (Å²) in [6.07, 6.45) is 0. The molecule has 0 N–H and O–H groups in total. The van der Waals surface area contributed by atoms with E-state index in [1.54, 1.807) is 0 Å². The van der Waals surface area contributed by atoms with Crippen LogP contribution in [-0.2, 0) is 4.43 Å². The maximum absolute atomic E-state index is 6.23. The van der Waals surface area contributed by atoms with Crippen molar-refractivity contribution in [1.82, 2.24) is 4.57 Å². The molecule has 1 aliphatic rings. The fraction of sp³-hybridized carbons (Fsp3) is 1.00. The highest BCUT2D eigenvalue weighted by Crippen LogP contribution is 2.29. The second kappa shape index (κ2) is 3.62. The van der Waals surface area contributed by atoms with Gasteiger partial charge < -0.3 is 8.99 Å². The molecule has 1 saturated heterocycles. The van der Waals surface area contributed by atoms with E-state index in [1.165, 1.54) is 6.04 Å². The molecule has 1 aliphatic heterocycles. The summed E-state index contributed by atoms with van der Waals surface area (Å²) in [6, 6.07) is 1.38. The van der Waals surface area contributed by atoms with E-state index in [-0.39, 0.29) is 14.2 Å². The van der Waals surface area contributed by atoms with Crippen molar-refractivity contribution in [3.63, 3.8) is 0 Å². The Morgan fingerprint density at radius 3 is 2.31 bits per heavy atom. The van der Waals surface area contributed by atoms with Crippen molar-refractivity contribution in [2.24, 2.45) is 0 Å². The smallest absolute Gasteiger partial charge is 0.228 e. The average molecular weight is 234 g/mol. The fourth-order valence-corrected chi connectivity index (χ4v) is 29.2. The molecule has 5 heteroatoms. The zero-order valence-corrected chi connectivity index (χ0v) is 13.4. The SMILES string of the molecule is CN(C)[SiH]1OC(C)(C)C[Si](C)(C)[SiH2]1. The standard InChI is InChI=1S/C8H23NOSi3/c1-8(2)7-13(5,6)11-12(10-8)9(3)4/h12H,7,11H2,1-6H3. The molecule has 0 amide bonds. The molecule has 0 aromatic carbocycles. The predicted octanol–water partition coefficient (Wildman–Crippen LogP) is 0.448. The fourth-order valence-electron chi connectivity index (χ4n) is 2.44. The first kappa shape index (κ1) is 11.6. The average Bonchev–Trinajstić information content (AvgIpc) is 1.79. The van der Waals surface area contributed by atoms with Crippen LogP contribution in [0.1, 0.15) is 13.8 Å². The summed E-state index contributed by atoms with van der Waals surface area (Å²) in [7, 11) is 2.79. The van der Waals surface area contributed by atoms with Crippen molar-refractivity contribution in [2.45, 2.75) is 38.6 Å². The first-order valence-electron chi connectivity index (χ1n) is 5.06. The zero-order chi connectivity index (χ0) is 10.3. The Morgan fingerprint density at radius 2 is 1.92 bits per heavy atom. The van der Waals surface area contributed by atoms with E-state index in [1.807, 2.05) is 0 Å². The van der Waals surface area contributed by atoms with Crippen LogP contribution in [0.25, 0.3) is 0 Å². The van der Waals surface area contributed by atoms with Gasteiger partial charge in [-0.25, -0.2) is 0 Å². The molecule has 1 unspecified atom stereocenters. The van der Waals surface area contributed by atoms with Crippen LogP contribution in [0.3, 0.4) is 0 Å². The molecule has 0 aliphatic carbocycles. The lowest BCUT2D eigenvalue weighted by atomic mass is 10.2. The van der Waals surface area contributed by atoms with Crippen molar-refractivity contribution < 1.29 is 4.43 Å². The summed E-state index contributed by atoms with van der Waals surface area (Å²) < 4.78 is 8.64. The minimum Gasteiger partial charge on any atom is -0.405 e. The van der Waals surface area contributed by atoms with Gasteiger partial charge in [0.1, 0.15) is 0 Å². The summed E-state index contributed by atoms with van der Waals surface area (Å²) in [4.78, 5) is 0. The Hall–Kier alpha value is 0.571. The largest absolute Gasteiger partial charge is 0.405 e. The van der Waals surface area contributed by atoms with Crippen LogP contribution in [0.15, 0.2) is 0 Å². The summed E-state index contributed by atoms with van der Waals surface area (Å²) in [5, 5.41) is 0. The number of hydrogen-bond donors (Lipinski definition) is 0. The summed E-state index contributed by atoms with van der Waals surface area (Å²) in [5.41, 5.74) is 0.183. The molecular weight excluding hydrogens is 210 g/mol. The Balaban J connectivity index is 2.72. The topological polar surface area (TPSA) is 12.5 Å². The van der Waals surface area contributed by atoms with Crippen LogP contribution in [0.4, 0.5) is 0 Å². The Labute approximate surface area is 86.9 Å². The Bertz CT molecular complexity index is 178. The molecule has 13 heavy (non-hydrogen) atoms. The normalized spacial score (nSPS) is 33.9. The van der Waals surface area contributed by atoms with Gasteiger partial charge in [-0.2, -0.15) is 0 Å². The highest BCUT2D eigenvalue weighted by atomic mass is 29.6. The van der Waals surface area contributed by atoms with Crippen LogP contribution in [-0.4, -0.2) is 49.1 Å². The highest BCUT2D eigenvalue weighted by molar-refractivity contribution is 7.46. The van der Waals surface area contributed by atoms with Gasteiger partial charge in [-0.05, 0) is 34.0 Å². The molecule has 1 fully saturated rings. The second-order valence-electron chi connectivity index (χ2n) is 5.84. The van der Waals surface area contributed by atoms with E-state index in [0.717, 1.165) is 0 Å². The van der Waals surface area contributed by atoms with Crippen molar-refractivity contribution >= 4 is 24.9 Å². The number of hydrogen-bond acceptors (Lipinski definition) is 2. The van der Waals surface area contributed by atoms with Crippen LogP contribution in [0.2, 0.25) is 19.1 Å². The maximum Gasteiger partial charge on any atom is 0.228 e. The molecular formula is C8H23NOSi3. The van der Waals surface area contributed by atoms with E-state index in [2.05, 4.69) is 45.6 Å². The van der Waals surface area contributed by atoms with E-state index in [0.29, 0.717) is 0 Å². The first-order chi connectivity index (χ1) is 5.72. The van der Waals surface area contributed by atoms with E-state index in [9.17, 15) is 0 Å². The lowest BCUT2D eigenvalue weighted by molar-refractivity contribution is 0.117. The Kier molecular flexibility index (Phi) is 3.24. The molecule has 2 nitrogen and oxygen atoms in total. The van der Waals surface area contributed by atoms with Gasteiger partial charge in [-0.15, -0.1) is 0 Å². The van der Waals surface area contributed by atoms with Crippen molar-refractivity contribution in [1.29, 1.82) is 0 Å². The molecule has 0 radical (unpaired) electrons. The molecule has 78 valence electrons. The third-order valence-electron chi connectivity index (χ3n) is 2.66. The summed E-state index contributed by atoms with van der Waals surface area (Å²) in [5.74, 6) is 0. The zero-order valence-electron chi connectivity index (χ0n) is 9.85. The molecule has 0 aromatic rings. The van der Waals surface area contributed by atoms with Gasteiger partial charge in [0.2, 0.25) is 8.72 Å². The van der Waals surface area contributed by atoms with Crippen LogP contribution in [0.5, 0.6) is 0 Å². The minimum absolute atomic E-state index is 0.116. The molecule has 0 aromatic heterocycles. The van der Waals surface area contributed by atoms with Gasteiger partial charge in [0.25, 0.3) is 0 Å². The number of rotatable bonds is 1. The van der Waals surface area contributed by atoms with Gasteiger partial charge in [-0.3, -0.25) is 0 Å². The van der Waals surface area contributed by atoms with E-state index in [4.69, 9.17) is 4.43 Å². The van der Waals surface area contributed by atoms with Crippen LogP contribution in [0, 0.1) is 0 Å².